The Morgan fingerprint density at radius 3 is 2.69 bits per heavy atom. The van der Waals surface area contributed by atoms with Gasteiger partial charge in [-0.2, -0.15) is 0 Å². The normalized spacial score (nSPS) is 10.4. The molecule has 7 nitrogen and oxygen atoms in total. The molecule has 0 aliphatic carbocycles. The van der Waals surface area contributed by atoms with Gasteiger partial charge in [0.1, 0.15) is 0 Å². The fourth-order valence-electron chi connectivity index (χ4n) is 2.22. The lowest BCUT2D eigenvalue weighted by Crippen LogP contribution is -2.03. The highest BCUT2D eigenvalue weighted by molar-refractivity contribution is 9.10. The van der Waals surface area contributed by atoms with Gasteiger partial charge in [0.25, 0.3) is 5.89 Å². The number of esters is 1. The molecule has 0 radical (unpaired) electrons. The lowest BCUT2D eigenvalue weighted by atomic mass is 10.2. The smallest absolute Gasteiger partial charge is 0.337 e. The van der Waals surface area contributed by atoms with Crippen LogP contribution in [0, 0.1) is 0 Å². The van der Waals surface area contributed by atoms with E-state index in [0.29, 0.717) is 28.8 Å². The van der Waals surface area contributed by atoms with Crippen molar-refractivity contribution >= 4 is 21.9 Å². The molecule has 0 N–H and O–H groups in total. The van der Waals surface area contributed by atoms with Gasteiger partial charge in [-0.25, -0.2) is 4.79 Å². The van der Waals surface area contributed by atoms with Crippen molar-refractivity contribution in [3.05, 3.63) is 58.4 Å². The lowest BCUT2D eigenvalue weighted by molar-refractivity contribution is 0.0600. The molecule has 8 heteroatoms. The van der Waals surface area contributed by atoms with Gasteiger partial charge in [0.2, 0.25) is 5.89 Å². The summed E-state index contributed by atoms with van der Waals surface area (Å²) in [5.41, 5.74) is 1.17. The molecule has 26 heavy (non-hydrogen) atoms. The van der Waals surface area contributed by atoms with Gasteiger partial charge in [0.15, 0.2) is 18.1 Å². The molecule has 0 saturated heterocycles. The molecule has 0 aliphatic rings. The summed E-state index contributed by atoms with van der Waals surface area (Å²) in [6.45, 7) is 0.0644. The number of carbonyl (C=O) groups excluding carboxylic acids is 1. The molecular weight excluding hydrogens is 404 g/mol. The van der Waals surface area contributed by atoms with Crippen molar-refractivity contribution in [2.75, 3.05) is 14.2 Å². The zero-order chi connectivity index (χ0) is 18.5. The number of aromatic nitrogens is 2. The molecule has 2 aromatic carbocycles. The van der Waals surface area contributed by atoms with Crippen LogP contribution in [0.2, 0.25) is 0 Å². The highest BCUT2D eigenvalue weighted by Crippen LogP contribution is 2.29. The van der Waals surface area contributed by atoms with Crippen LogP contribution in [0.5, 0.6) is 11.5 Å². The molecule has 0 unspecified atom stereocenters. The van der Waals surface area contributed by atoms with E-state index < -0.39 is 5.97 Å². The van der Waals surface area contributed by atoms with Crippen molar-refractivity contribution in [3.63, 3.8) is 0 Å². The van der Waals surface area contributed by atoms with Gasteiger partial charge in [-0.15, -0.1) is 10.2 Å². The van der Waals surface area contributed by atoms with E-state index in [4.69, 9.17) is 13.9 Å². The first-order valence-electron chi connectivity index (χ1n) is 7.58. The second kappa shape index (κ2) is 8.01. The van der Waals surface area contributed by atoms with Crippen molar-refractivity contribution < 1.29 is 23.4 Å². The molecule has 3 rings (SSSR count). The van der Waals surface area contributed by atoms with Gasteiger partial charge in [0, 0.05) is 10.0 Å². The minimum Gasteiger partial charge on any atom is -0.493 e. The molecule has 3 aromatic rings. The second-order valence-corrected chi connectivity index (χ2v) is 6.07. The van der Waals surface area contributed by atoms with Crippen molar-refractivity contribution in [2.45, 2.75) is 6.61 Å². The maximum Gasteiger partial charge on any atom is 0.337 e. The summed E-state index contributed by atoms with van der Waals surface area (Å²) < 4.78 is 22.1. The number of carbonyl (C=O) groups is 1. The van der Waals surface area contributed by atoms with Crippen LogP contribution in [0.1, 0.15) is 16.2 Å². The predicted octanol–water partition coefficient (Wildman–Crippen LogP) is 3.87. The van der Waals surface area contributed by atoms with E-state index in [-0.39, 0.29) is 6.61 Å². The van der Waals surface area contributed by atoms with E-state index in [9.17, 15) is 4.79 Å². The first-order chi connectivity index (χ1) is 12.6. The molecule has 0 bridgehead atoms. The topological polar surface area (TPSA) is 83.7 Å². The predicted molar refractivity (Wildman–Crippen MR) is 96.1 cm³/mol. The second-order valence-electron chi connectivity index (χ2n) is 5.16. The van der Waals surface area contributed by atoms with Crippen LogP contribution in [-0.4, -0.2) is 30.4 Å². The van der Waals surface area contributed by atoms with Gasteiger partial charge >= 0.3 is 5.97 Å². The fourth-order valence-corrected chi connectivity index (χ4v) is 2.62. The molecule has 1 heterocycles. The molecule has 0 aliphatic heterocycles. The summed E-state index contributed by atoms with van der Waals surface area (Å²) in [5.74, 6) is 1.12. The van der Waals surface area contributed by atoms with Gasteiger partial charge < -0.3 is 18.6 Å². The summed E-state index contributed by atoms with van der Waals surface area (Å²) in [7, 11) is 2.80. The standard InChI is InChI=1S/C18H15BrN2O5/c1-23-15-9-12(18(22)24-2)6-7-14(15)25-10-16-20-21-17(26-16)11-4-3-5-13(19)8-11/h3-9H,10H2,1-2H3. The Hall–Kier alpha value is -2.87. The number of nitrogens with zero attached hydrogens (tertiary/aromatic N) is 2. The van der Waals surface area contributed by atoms with Crippen LogP contribution in [0.4, 0.5) is 0 Å². The Morgan fingerprint density at radius 1 is 1.12 bits per heavy atom. The Labute approximate surface area is 158 Å². The molecular formula is C18H15BrN2O5. The minimum absolute atomic E-state index is 0.0644. The molecule has 0 fully saturated rings. The zero-order valence-electron chi connectivity index (χ0n) is 14.1. The quantitative estimate of drug-likeness (QED) is 0.561. The number of methoxy groups -OCH3 is 2. The van der Waals surface area contributed by atoms with Gasteiger partial charge in [0.05, 0.1) is 19.8 Å². The third-order valence-electron chi connectivity index (χ3n) is 3.47. The highest BCUT2D eigenvalue weighted by Gasteiger charge is 2.14. The first-order valence-corrected chi connectivity index (χ1v) is 8.37. The van der Waals surface area contributed by atoms with Gasteiger partial charge in [-0.05, 0) is 36.4 Å². The van der Waals surface area contributed by atoms with E-state index in [0.717, 1.165) is 10.0 Å². The fraction of sp³-hybridized carbons (Fsp3) is 0.167. The Balaban J connectivity index is 1.72. The maximum atomic E-state index is 11.6. The van der Waals surface area contributed by atoms with Crippen LogP contribution >= 0.6 is 15.9 Å². The molecule has 1 aromatic heterocycles. The molecule has 0 spiro atoms. The number of benzene rings is 2. The van der Waals surface area contributed by atoms with Gasteiger partial charge in [-0.1, -0.05) is 22.0 Å². The number of hydrogen-bond acceptors (Lipinski definition) is 7. The third kappa shape index (κ3) is 4.02. The largest absolute Gasteiger partial charge is 0.493 e. The lowest BCUT2D eigenvalue weighted by Gasteiger charge is -2.10. The SMILES string of the molecule is COC(=O)c1ccc(OCc2nnc(-c3cccc(Br)c3)o2)c(OC)c1. The number of rotatable bonds is 6. The van der Waals surface area contributed by atoms with Crippen LogP contribution in [0.3, 0.4) is 0 Å². The molecule has 0 atom stereocenters. The Morgan fingerprint density at radius 2 is 1.96 bits per heavy atom. The van der Waals surface area contributed by atoms with Crippen LogP contribution in [0.15, 0.2) is 51.4 Å². The molecule has 134 valence electrons. The monoisotopic (exact) mass is 418 g/mol. The maximum absolute atomic E-state index is 11.6. The van der Waals surface area contributed by atoms with Crippen molar-refractivity contribution in [1.82, 2.24) is 10.2 Å². The van der Waals surface area contributed by atoms with E-state index in [2.05, 4.69) is 30.9 Å². The molecule has 0 saturated carbocycles. The average Bonchev–Trinajstić information content (AvgIpc) is 3.14. The van der Waals surface area contributed by atoms with Crippen molar-refractivity contribution in [1.29, 1.82) is 0 Å². The number of halogens is 1. The van der Waals surface area contributed by atoms with Crippen molar-refractivity contribution in [3.8, 4) is 23.0 Å². The van der Waals surface area contributed by atoms with E-state index in [1.807, 2.05) is 24.3 Å². The average molecular weight is 419 g/mol. The van der Waals surface area contributed by atoms with E-state index in [1.165, 1.54) is 14.2 Å². The van der Waals surface area contributed by atoms with Crippen LogP contribution < -0.4 is 9.47 Å². The summed E-state index contributed by atoms with van der Waals surface area (Å²) in [5, 5.41) is 8.00. The number of hydrogen-bond donors (Lipinski definition) is 0. The van der Waals surface area contributed by atoms with E-state index in [1.54, 1.807) is 18.2 Å². The van der Waals surface area contributed by atoms with Crippen LogP contribution in [-0.2, 0) is 11.3 Å². The van der Waals surface area contributed by atoms with Crippen molar-refractivity contribution in [2.24, 2.45) is 0 Å². The first kappa shape index (κ1) is 17.9. The minimum atomic E-state index is -0.453. The highest BCUT2D eigenvalue weighted by atomic mass is 79.9. The Kier molecular flexibility index (Phi) is 5.52. The number of ether oxygens (including phenoxy) is 3. The summed E-state index contributed by atoms with van der Waals surface area (Å²) in [6, 6.07) is 12.3. The van der Waals surface area contributed by atoms with Crippen LogP contribution in [0.25, 0.3) is 11.5 Å². The van der Waals surface area contributed by atoms with E-state index >= 15 is 0 Å². The summed E-state index contributed by atoms with van der Waals surface area (Å²) >= 11 is 3.40. The third-order valence-corrected chi connectivity index (χ3v) is 3.97. The summed E-state index contributed by atoms with van der Waals surface area (Å²) in [6.07, 6.45) is 0. The zero-order valence-corrected chi connectivity index (χ0v) is 15.6. The molecule has 0 amide bonds. The summed E-state index contributed by atoms with van der Waals surface area (Å²) in [4.78, 5) is 11.6. The Bertz CT molecular complexity index is 925. The van der Waals surface area contributed by atoms with Gasteiger partial charge in [-0.3, -0.25) is 0 Å².